The standard InChI is InChI=1S/C22H24N2O5/c1-13(2)15-5-7-16(8-6-15)19(25)12-23-18-11-17(24(27)28)9-10-20(18)29-21(14(3)4)22(23)26/h5-11,13-14,21H,12H2,1-4H3. The minimum atomic E-state index is -0.750. The summed E-state index contributed by atoms with van der Waals surface area (Å²) in [7, 11) is 0. The highest BCUT2D eigenvalue weighted by atomic mass is 16.6. The summed E-state index contributed by atoms with van der Waals surface area (Å²) in [5, 5.41) is 11.2. The molecule has 1 amide bonds. The lowest BCUT2D eigenvalue weighted by atomic mass is 9.99. The monoisotopic (exact) mass is 396 g/mol. The zero-order valence-corrected chi connectivity index (χ0v) is 16.9. The minimum Gasteiger partial charge on any atom is -0.478 e. The predicted octanol–water partition coefficient (Wildman–Crippen LogP) is 4.35. The van der Waals surface area contributed by atoms with E-state index in [1.165, 1.54) is 23.1 Å². The van der Waals surface area contributed by atoms with E-state index in [1.807, 2.05) is 26.0 Å². The molecule has 152 valence electrons. The lowest BCUT2D eigenvalue weighted by Crippen LogP contribution is -2.50. The molecule has 0 radical (unpaired) electrons. The van der Waals surface area contributed by atoms with Crippen LogP contribution in [0.1, 0.15) is 49.5 Å². The van der Waals surface area contributed by atoms with E-state index in [9.17, 15) is 19.7 Å². The summed E-state index contributed by atoms with van der Waals surface area (Å²) in [6, 6.07) is 11.4. The number of fused-ring (bicyclic) bond motifs is 1. The Morgan fingerprint density at radius 3 is 2.34 bits per heavy atom. The molecule has 2 aromatic carbocycles. The van der Waals surface area contributed by atoms with Crippen LogP contribution in [0.25, 0.3) is 0 Å². The van der Waals surface area contributed by atoms with Gasteiger partial charge in [-0.1, -0.05) is 52.0 Å². The fourth-order valence-electron chi connectivity index (χ4n) is 3.26. The quantitative estimate of drug-likeness (QED) is 0.411. The van der Waals surface area contributed by atoms with Crippen molar-refractivity contribution >= 4 is 23.1 Å². The molecule has 7 nitrogen and oxygen atoms in total. The molecule has 0 spiro atoms. The summed E-state index contributed by atoms with van der Waals surface area (Å²) in [6.45, 7) is 7.63. The van der Waals surface area contributed by atoms with Gasteiger partial charge in [-0.3, -0.25) is 24.6 Å². The van der Waals surface area contributed by atoms with Crippen LogP contribution in [-0.2, 0) is 4.79 Å². The Bertz CT molecular complexity index is 950. The normalized spacial score (nSPS) is 16.0. The Labute approximate surface area is 169 Å². The molecule has 2 aromatic rings. The van der Waals surface area contributed by atoms with E-state index in [1.54, 1.807) is 12.1 Å². The van der Waals surface area contributed by atoms with Crippen molar-refractivity contribution in [3.8, 4) is 5.75 Å². The second kappa shape index (κ2) is 8.03. The van der Waals surface area contributed by atoms with E-state index in [-0.39, 0.29) is 35.5 Å². The number of nitrogens with zero attached hydrogens (tertiary/aromatic N) is 2. The lowest BCUT2D eigenvalue weighted by Gasteiger charge is -2.35. The smallest absolute Gasteiger partial charge is 0.271 e. The molecule has 0 saturated heterocycles. The van der Waals surface area contributed by atoms with Gasteiger partial charge in [0.2, 0.25) is 0 Å². The minimum absolute atomic E-state index is 0.117. The predicted molar refractivity (Wildman–Crippen MR) is 110 cm³/mol. The SMILES string of the molecule is CC(C)c1ccc(C(=O)CN2C(=O)C(C(C)C)Oc3ccc([N+](=O)[O-])cc32)cc1. The molecule has 0 bridgehead atoms. The molecule has 1 unspecified atom stereocenters. The number of carbonyl (C=O) groups excluding carboxylic acids is 2. The number of ketones is 1. The largest absolute Gasteiger partial charge is 0.478 e. The summed E-state index contributed by atoms with van der Waals surface area (Å²) < 4.78 is 5.77. The second-order valence-corrected chi connectivity index (χ2v) is 7.82. The first-order valence-corrected chi connectivity index (χ1v) is 9.58. The molecule has 0 aromatic heterocycles. The highest BCUT2D eigenvalue weighted by Crippen LogP contribution is 2.38. The van der Waals surface area contributed by atoms with Crippen molar-refractivity contribution < 1.29 is 19.2 Å². The maximum Gasteiger partial charge on any atom is 0.271 e. The molecule has 1 heterocycles. The van der Waals surface area contributed by atoms with Gasteiger partial charge in [0.05, 0.1) is 17.2 Å². The van der Waals surface area contributed by atoms with Crippen LogP contribution in [0.3, 0.4) is 0 Å². The molecule has 3 rings (SSSR count). The van der Waals surface area contributed by atoms with E-state index in [0.717, 1.165) is 5.56 Å². The zero-order chi connectivity index (χ0) is 21.3. The highest BCUT2D eigenvalue weighted by Gasteiger charge is 2.38. The third-order valence-electron chi connectivity index (χ3n) is 5.01. The van der Waals surface area contributed by atoms with Crippen LogP contribution >= 0.6 is 0 Å². The van der Waals surface area contributed by atoms with Gasteiger partial charge in [0.1, 0.15) is 5.75 Å². The molecule has 7 heteroatoms. The van der Waals surface area contributed by atoms with E-state index < -0.39 is 11.0 Å². The number of amides is 1. The number of nitro benzene ring substituents is 1. The number of carbonyl (C=O) groups is 2. The van der Waals surface area contributed by atoms with Gasteiger partial charge < -0.3 is 4.74 Å². The van der Waals surface area contributed by atoms with E-state index in [2.05, 4.69) is 13.8 Å². The van der Waals surface area contributed by atoms with Crippen molar-refractivity contribution in [2.45, 2.75) is 39.7 Å². The molecule has 0 aliphatic carbocycles. The van der Waals surface area contributed by atoms with Gasteiger partial charge in [0, 0.05) is 17.7 Å². The first-order chi connectivity index (χ1) is 13.7. The average molecular weight is 396 g/mol. The Balaban J connectivity index is 1.95. The first kappa shape index (κ1) is 20.5. The lowest BCUT2D eigenvalue weighted by molar-refractivity contribution is -0.384. The van der Waals surface area contributed by atoms with Crippen LogP contribution in [0.2, 0.25) is 0 Å². The number of rotatable bonds is 6. The fraction of sp³-hybridized carbons (Fsp3) is 0.364. The van der Waals surface area contributed by atoms with E-state index >= 15 is 0 Å². The Hall–Kier alpha value is -3.22. The fourth-order valence-corrected chi connectivity index (χ4v) is 3.26. The van der Waals surface area contributed by atoms with Gasteiger partial charge in [-0.05, 0) is 23.5 Å². The van der Waals surface area contributed by atoms with E-state index in [4.69, 9.17) is 4.74 Å². The molecule has 29 heavy (non-hydrogen) atoms. The third kappa shape index (κ3) is 4.13. The van der Waals surface area contributed by atoms with Crippen LogP contribution in [0, 0.1) is 16.0 Å². The summed E-state index contributed by atoms with van der Waals surface area (Å²) in [6.07, 6.45) is -0.750. The Kier molecular flexibility index (Phi) is 5.68. The van der Waals surface area contributed by atoms with Gasteiger partial charge >= 0.3 is 0 Å². The summed E-state index contributed by atoms with van der Waals surface area (Å²) >= 11 is 0. The average Bonchev–Trinajstić information content (AvgIpc) is 2.69. The molecular formula is C22H24N2O5. The van der Waals surface area contributed by atoms with Crippen LogP contribution in [0.4, 0.5) is 11.4 Å². The molecule has 1 aliphatic rings. The zero-order valence-electron chi connectivity index (χ0n) is 16.9. The topological polar surface area (TPSA) is 89.8 Å². The maximum absolute atomic E-state index is 13.0. The van der Waals surface area contributed by atoms with Gasteiger partial charge in [-0.2, -0.15) is 0 Å². The molecule has 0 N–H and O–H groups in total. The van der Waals surface area contributed by atoms with Gasteiger partial charge in [-0.25, -0.2) is 0 Å². The third-order valence-corrected chi connectivity index (χ3v) is 5.01. The number of ether oxygens (including phenoxy) is 1. The number of hydrogen-bond donors (Lipinski definition) is 0. The van der Waals surface area contributed by atoms with Crippen molar-refractivity contribution in [3.63, 3.8) is 0 Å². The maximum atomic E-state index is 13.0. The summed E-state index contributed by atoms with van der Waals surface area (Å²) in [4.78, 5) is 37.8. The summed E-state index contributed by atoms with van der Waals surface area (Å²) in [5.74, 6) is -0.0273. The molecular weight excluding hydrogens is 372 g/mol. The molecule has 0 fully saturated rings. The number of Topliss-reactive ketones (excluding diaryl/α,β-unsaturated/α-hetero) is 1. The number of hydrogen-bond acceptors (Lipinski definition) is 5. The van der Waals surface area contributed by atoms with Crippen LogP contribution in [0.5, 0.6) is 5.75 Å². The van der Waals surface area contributed by atoms with Crippen molar-refractivity contribution in [3.05, 3.63) is 63.7 Å². The number of non-ortho nitro benzene ring substituents is 1. The second-order valence-electron chi connectivity index (χ2n) is 7.82. The van der Waals surface area contributed by atoms with Crippen molar-refractivity contribution in [1.29, 1.82) is 0 Å². The Morgan fingerprint density at radius 2 is 1.79 bits per heavy atom. The van der Waals surface area contributed by atoms with Gasteiger partial charge in [-0.15, -0.1) is 0 Å². The highest BCUT2D eigenvalue weighted by molar-refractivity contribution is 6.08. The number of benzene rings is 2. The number of nitro groups is 1. The van der Waals surface area contributed by atoms with Crippen LogP contribution < -0.4 is 9.64 Å². The van der Waals surface area contributed by atoms with Crippen molar-refractivity contribution in [2.75, 3.05) is 11.4 Å². The van der Waals surface area contributed by atoms with E-state index in [0.29, 0.717) is 17.2 Å². The molecule has 1 atom stereocenters. The molecule has 0 saturated carbocycles. The first-order valence-electron chi connectivity index (χ1n) is 9.58. The Morgan fingerprint density at radius 1 is 1.14 bits per heavy atom. The van der Waals surface area contributed by atoms with Gasteiger partial charge in [0.25, 0.3) is 11.6 Å². The number of anilines is 1. The van der Waals surface area contributed by atoms with Crippen molar-refractivity contribution in [1.82, 2.24) is 0 Å². The van der Waals surface area contributed by atoms with Crippen LogP contribution in [0.15, 0.2) is 42.5 Å². The summed E-state index contributed by atoms with van der Waals surface area (Å²) in [5.41, 5.74) is 1.68. The van der Waals surface area contributed by atoms with Crippen LogP contribution in [-0.4, -0.2) is 29.3 Å². The molecule has 1 aliphatic heterocycles. The van der Waals surface area contributed by atoms with Gasteiger partial charge in [0.15, 0.2) is 11.9 Å². The van der Waals surface area contributed by atoms with Crippen molar-refractivity contribution in [2.24, 2.45) is 5.92 Å².